The Morgan fingerprint density at radius 2 is 2.11 bits per heavy atom. The van der Waals surface area contributed by atoms with Crippen LogP contribution in [-0.4, -0.2) is 18.8 Å². The minimum Gasteiger partial charge on any atom is -0.374 e. The Balaban J connectivity index is 1.97. The molecule has 1 heterocycles. The van der Waals surface area contributed by atoms with Gasteiger partial charge in [-0.1, -0.05) is 37.1 Å². The van der Waals surface area contributed by atoms with Gasteiger partial charge in [-0.25, -0.2) is 0 Å². The number of nitrogens with one attached hydrogen (secondary N) is 1. The fourth-order valence-corrected chi connectivity index (χ4v) is 2.81. The lowest BCUT2D eigenvalue weighted by atomic mass is 9.99. The zero-order chi connectivity index (χ0) is 13.7. The van der Waals surface area contributed by atoms with Crippen LogP contribution in [0.4, 0.5) is 0 Å². The van der Waals surface area contributed by atoms with E-state index in [0.29, 0.717) is 6.04 Å². The first-order valence-corrected chi connectivity index (χ1v) is 7.63. The van der Waals surface area contributed by atoms with Crippen LogP contribution >= 0.6 is 11.6 Å². The molecule has 2 nitrogen and oxygen atoms in total. The maximum absolute atomic E-state index is 5.96. The first-order chi connectivity index (χ1) is 9.13. The smallest absolute Gasteiger partial charge is 0.0779 e. The largest absolute Gasteiger partial charge is 0.374 e. The van der Waals surface area contributed by atoms with Crippen molar-refractivity contribution in [3.05, 3.63) is 34.9 Å². The maximum atomic E-state index is 5.96. The maximum Gasteiger partial charge on any atom is 0.0779 e. The second-order valence-corrected chi connectivity index (χ2v) is 6.11. The summed E-state index contributed by atoms with van der Waals surface area (Å²) in [6, 6.07) is 8.56. The van der Waals surface area contributed by atoms with Gasteiger partial charge in [-0.15, -0.1) is 0 Å². The molecule has 0 aliphatic carbocycles. The van der Waals surface area contributed by atoms with Crippen LogP contribution in [0.1, 0.15) is 51.1 Å². The number of ether oxygens (including phenoxy) is 1. The van der Waals surface area contributed by atoms with Gasteiger partial charge in [0.15, 0.2) is 0 Å². The highest BCUT2D eigenvalue weighted by Gasteiger charge is 2.30. The van der Waals surface area contributed by atoms with E-state index in [1.165, 1.54) is 12.0 Å². The van der Waals surface area contributed by atoms with Gasteiger partial charge in [0.25, 0.3) is 0 Å². The molecule has 2 atom stereocenters. The van der Waals surface area contributed by atoms with Crippen LogP contribution in [0.2, 0.25) is 5.02 Å². The predicted molar refractivity (Wildman–Crippen MR) is 80.7 cm³/mol. The molecular weight excluding hydrogens is 258 g/mol. The summed E-state index contributed by atoms with van der Waals surface area (Å²) in [6.07, 6.45) is 4.63. The van der Waals surface area contributed by atoms with Gasteiger partial charge in [-0.05, 0) is 43.9 Å². The lowest BCUT2D eigenvalue weighted by Crippen LogP contribution is -2.39. The quantitative estimate of drug-likeness (QED) is 0.837. The Labute approximate surface area is 121 Å². The van der Waals surface area contributed by atoms with Crippen molar-refractivity contribution < 1.29 is 4.74 Å². The van der Waals surface area contributed by atoms with E-state index in [1.807, 2.05) is 12.1 Å². The van der Waals surface area contributed by atoms with E-state index in [9.17, 15) is 0 Å². The van der Waals surface area contributed by atoms with Gasteiger partial charge in [0.05, 0.1) is 5.60 Å². The van der Waals surface area contributed by atoms with E-state index in [4.69, 9.17) is 16.3 Å². The molecule has 106 valence electrons. The molecule has 0 aromatic heterocycles. The van der Waals surface area contributed by atoms with Crippen molar-refractivity contribution in [1.82, 2.24) is 5.32 Å². The van der Waals surface area contributed by atoms with Crippen molar-refractivity contribution in [2.45, 2.75) is 51.2 Å². The summed E-state index contributed by atoms with van der Waals surface area (Å²) in [6.45, 7) is 6.24. The zero-order valence-corrected chi connectivity index (χ0v) is 12.7. The Bertz CT molecular complexity index is 384. The van der Waals surface area contributed by atoms with E-state index in [2.05, 4.69) is 31.3 Å². The molecule has 0 saturated carbocycles. The highest BCUT2D eigenvalue weighted by Crippen LogP contribution is 2.26. The van der Waals surface area contributed by atoms with Gasteiger partial charge in [-0.2, -0.15) is 0 Å². The third kappa shape index (κ3) is 4.20. The number of hydrogen-bond acceptors (Lipinski definition) is 2. The summed E-state index contributed by atoms with van der Waals surface area (Å²) in [4.78, 5) is 0. The summed E-state index contributed by atoms with van der Waals surface area (Å²) in [5.74, 6) is 0. The Kier molecular flexibility index (Phi) is 5.26. The fraction of sp³-hybridized carbons (Fsp3) is 0.625. The van der Waals surface area contributed by atoms with Crippen molar-refractivity contribution in [2.75, 3.05) is 13.2 Å². The second kappa shape index (κ2) is 6.74. The van der Waals surface area contributed by atoms with E-state index in [0.717, 1.165) is 37.4 Å². The summed E-state index contributed by atoms with van der Waals surface area (Å²) in [5.41, 5.74) is 1.33. The molecule has 1 aromatic carbocycles. The van der Waals surface area contributed by atoms with E-state index in [-0.39, 0.29) is 5.60 Å². The van der Waals surface area contributed by atoms with Gasteiger partial charge in [0, 0.05) is 24.2 Å². The lowest BCUT2D eigenvalue weighted by molar-refractivity contribution is 0.0184. The molecule has 19 heavy (non-hydrogen) atoms. The average Bonchev–Trinajstić information content (AvgIpc) is 2.83. The van der Waals surface area contributed by atoms with Gasteiger partial charge in [0.2, 0.25) is 0 Å². The van der Waals surface area contributed by atoms with Crippen LogP contribution in [0.3, 0.4) is 0 Å². The molecule has 1 saturated heterocycles. The van der Waals surface area contributed by atoms with Gasteiger partial charge in [-0.3, -0.25) is 0 Å². The van der Waals surface area contributed by atoms with Crippen LogP contribution in [0, 0.1) is 0 Å². The highest BCUT2D eigenvalue weighted by atomic mass is 35.5. The molecule has 3 heteroatoms. The van der Waals surface area contributed by atoms with Gasteiger partial charge >= 0.3 is 0 Å². The molecule has 1 N–H and O–H groups in total. The summed E-state index contributed by atoms with van der Waals surface area (Å²) in [7, 11) is 0. The van der Waals surface area contributed by atoms with Crippen LogP contribution in [0.25, 0.3) is 0 Å². The monoisotopic (exact) mass is 281 g/mol. The number of rotatable bonds is 6. The lowest BCUT2D eigenvalue weighted by Gasteiger charge is -2.27. The third-order valence-electron chi connectivity index (χ3n) is 3.87. The number of hydrogen-bond donors (Lipinski definition) is 1. The molecule has 0 bridgehead atoms. The van der Waals surface area contributed by atoms with Crippen molar-refractivity contribution >= 4 is 11.6 Å². The third-order valence-corrected chi connectivity index (χ3v) is 4.12. The molecular formula is C16H24ClNO. The summed E-state index contributed by atoms with van der Waals surface area (Å²) >= 11 is 5.96. The first-order valence-electron chi connectivity index (χ1n) is 7.26. The van der Waals surface area contributed by atoms with Gasteiger partial charge in [0.1, 0.15) is 0 Å². The predicted octanol–water partition coefficient (Wildman–Crippen LogP) is 4.34. The average molecular weight is 282 g/mol. The molecule has 1 aliphatic rings. The van der Waals surface area contributed by atoms with Crippen LogP contribution in [0.5, 0.6) is 0 Å². The SMILES string of the molecule is CCCC(NCC1(C)CCCO1)c1ccc(Cl)cc1. The fourth-order valence-electron chi connectivity index (χ4n) is 2.69. The normalized spacial score (nSPS) is 24.6. The second-order valence-electron chi connectivity index (χ2n) is 5.68. The molecule has 1 aromatic rings. The van der Waals surface area contributed by atoms with Crippen molar-refractivity contribution in [1.29, 1.82) is 0 Å². The summed E-state index contributed by atoms with van der Waals surface area (Å²) < 4.78 is 5.84. The molecule has 1 fully saturated rings. The highest BCUT2D eigenvalue weighted by molar-refractivity contribution is 6.30. The van der Waals surface area contributed by atoms with Crippen LogP contribution in [0.15, 0.2) is 24.3 Å². The van der Waals surface area contributed by atoms with E-state index < -0.39 is 0 Å². The molecule has 2 rings (SSSR count). The van der Waals surface area contributed by atoms with Crippen molar-refractivity contribution in [2.24, 2.45) is 0 Å². The van der Waals surface area contributed by atoms with E-state index in [1.54, 1.807) is 0 Å². The molecule has 1 aliphatic heterocycles. The van der Waals surface area contributed by atoms with Crippen LogP contribution in [-0.2, 0) is 4.74 Å². The van der Waals surface area contributed by atoms with Crippen molar-refractivity contribution in [3.63, 3.8) is 0 Å². The minimum atomic E-state index is 0.0123. The Morgan fingerprint density at radius 3 is 2.68 bits per heavy atom. The standard InChI is InChI=1S/C16H24ClNO/c1-3-5-15(13-6-8-14(17)9-7-13)18-12-16(2)10-4-11-19-16/h6-9,15,18H,3-5,10-12H2,1-2H3. The molecule has 2 unspecified atom stereocenters. The molecule has 0 amide bonds. The minimum absolute atomic E-state index is 0.0123. The topological polar surface area (TPSA) is 21.3 Å². The number of benzene rings is 1. The van der Waals surface area contributed by atoms with Gasteiger partial charge < -0.3 is 10.1 Å². The molecule has 0 radical (unpaired) electrons. The summed E-state index contributed by atoms with van der Waals surface area (Å²) in [5, 5.41) is 4.47. The van der Waals surface area contributed by atoms with E-state index >= 15 is 0 Å². The Morgan fingerprint density at radius 1 is 1.37 bits per heavy atom. The van der Waals surface area contributed by atoms with Crippen molar-refractivity contribution in [3.8, 4) is 0 Å². The van der Waals surface area contributed by atoms with Crippen LogP contribution < -0.4 is 5.32 Å². The first kappa shape index (κ1) is 14.8. The Hall–Kier alpha value is -0.570. The number of halogens is 1. The zero-order valence-electron chi connectivity index (χ0n) is 11.9. The molecule has 0 spiro atoms.